The fourth-order valence-electron chi connectivity index (χ4n) is 3.39. The van der Waals surface area contributed by atoms with Gasteiger partial charge in [-0.15, -0.1) is 35.9 Å². The van der Waals surface area contributed by atoms with Crippen molar-refractivity contribution in [2.45, 2.75) is 52.4 Å². The molecule has 0 unspecified atom stereocenters. The number of aryl methyl sites for hydroxylation is 1. The Kier molecular flexibility index (Phi) is 9.74. The Morgan fingerprint density at radius 3 is 2.10 bits per heavy atom. The molecule has 0 fully saturated rings. The van der Waals surface area contributed by atoms with Gasteiger partial charge in [-0.3, -0.25) is 0 Å². The van der Waals surface area contributed by atoms with Crippen molar-refractivity contribution < 1.29 is 21.1 Å². The number of benzene rings is 2. The molecule has 160 valence electrons. The van der Waals surface area contributed by atoms with Crippen molar-refractivity contribution in [3.63, 3.8) is 0 Å². The first-order chi connectivity index (χ1) is 12.2. The molecule has 0 saturated heterocycles. The standard InChI is InChI=1S/C25H28N.2CH3.Pt/c1-18-15-16-20(24(2,3)4)17-21(18)25(5,6)23-14-10-13-22(26-23)19-11-8-7-9-12-19;;;/h7-11,13-17H,1-6H3;2*1H3;/q3*-1;. The zero-order valence-corrected chi connectivity index (χ0v) is 21.3. The van der Waals surface area contributed by atoms with Gasteiger partial charge in [0.1, 0.15) is 0 Å². The first-order valence-electron chi connectivity index (χ1n) is 9.26. The third kappa shape index (κ3) is 5.89. The maximum Gasteiger partial charge on any atom is 0.0397 e. The van der Waals surface area contributed by atoms with Crippen molar-refractivity contribution in [2.24, 2.45) is 0 Å². The van der Waals surface area contributed by atoms with Gasteiger partial charge in [-0.05, 0) is 40.8 Å². The second-order valence-corrected chi connectivity index (χ2v) is 8.59. The van der Waals surface area contributed by atoms with E-state index in [0.717, 1.165) is 17.0 Å². The van der Waals surface area contributed by atoms with E-state index in [1.54, 1.807) is 0 Å². The molecule has 0 saturated carbocycles. The van der Waals surface area contributed by atoms with Crippen molar-refractivity contribution in [3.8, 4) is 11.3 Å². The van der Waals surface area contributed by atoms with Crippen LogP contribution >= 0.6 is 0 Å². The molecule has 1 aromatic heterocycles. The van der Waals surface area contributed by atoms with Gasteiger partial charge in [-0.2, -0.15) is 0 Å². The molecular formula is C27H34NPt-3. The number of aromatic nitrogens is 1. The smallest absolute Gasteiger partial charge is 0.0397 e. The third-order valence-electron chi connectivity index (χ3n) is 5.15. The number of hydrogen-bond donors (Lipinski definition) is 0. The van der Waals surface area contributed by atoms with Gasteiger partial charge in [0.15, 0.2) is 0 Å². The molecule has 0 N–H and O–H groups in total. The van der Waals surface area contributed by atoms with Crippen LogP contribution in [0, 0.1) is 27.8 Å². The normalized spacial score (nSPS) is 11.0. The number of hydrogen-bond acceptors (Lipinski definition) is 1. The van der Waals surface area contributed by atoms with E-state index in [-0.39, 0.29) is 46.7 Å². The first kappa shape index (κ1) is 27.3. The van der Waals surface area contributed by atoms with Crippen molar-refractivity contribution in [3.05, 3.63) is 104 Å². The summed E-state index contributed by atoms with van der Waals surface area (Å²) in [7, 11) is 0. The van der Waals surface area contributed by atoms with Crippen LogP contribution < -0.4 is 0 Å². The van der Waals surface area contributed by atoms with E-state index in [1.807, 2.05) is 18.2 Å². The van der Waals surface area contributed by atoms with Crippen LogP contribution in [-0.4, -0.2) is 4.98 Å². The average Bonchev–Trinajstić information content (AvgIpc) is 2.62. The fourth-order valence-corrected chi connectivity index (χ4v) is 3.39. The summed E-state index contributed by atoms with van der Waals surface area (Å²) in [6, 6.07) is 24.4. The molecular weight excluding hydrogens is 533 g/mol. The monoisotopic (exact) mass is 567 g/mol. The van der Waals surface area contributed by atoms with E-state index in [9.17, 15) is 0 Å². The molecule has 0 amide bonds. The molecule has 0 bridgehead atoms. The Balaban J connectivity index is 0.00000261. The Morgan fingerprint density at radius 2 is 1.52 bits per heavy atom. The molecule has 0 aliphatic heterocycles. The van der Waals surface area contributed by atoms with Crippen LogP contribution in [0.5, 0.6) is 0 Å². The van der Waals surface area contributed by atoms with Crippen molar-refractivity contribution in [1.29, 1.82) is 0 Å². The summed E-state index contributed by atoms with van der Waals surface area (Å²) < 4.78 is 0. The molecule has 0 aliphatic carbocycles. The maximum absolute atomic E-state index is 4.99. The van der Waals surface area contributed by atoms with Gasteiger partial charge in [-0.1, -0.05) is 65.0 Å². The number of nitrogens with zero attached hydrogens (tertiary/aromatic N) is 1. The first-order valence-corrected chi connectivity index (χ1v) is 9.26. The molecule has 0 radical (unpaired) electrons. The van der Waals surface area contributed by atoms with Crippen LogP contribution in [0.15, 0.2) is 60.7 Å². The zero-order chi connectivity index (χ0) is 18.9. The molecule has 2 aromatic carbocycles. The van der Waals surface area contributed by atoms with E-state index in [1.165, 1.54) is 16.7 Å². The van der Waals surface area contributed by atoms with E-state index < -0.39 is 0 Å². The van der Waals surface area contributed by atoms with Crippen LogP contribution in [0.2, 0.25) is 0 Å². The molecule has 0 aliphatic rings. The summed E-state index contributed by atoms with van der Waals surface area (Å²) in [5.74, 6) is 0. The second-order valence-electron chi connectivity index (χ2n) is 8.59. The summed E-state index contributed by atoms with van der Waals surface area (Å²) >= 11 is 0. The van der Waals surface area contributed by atoms with Crippen molar-refractivity contribution in [2.75, 3.05) is 0 Å². The Hall–Kier alpha value is -1.72. The largest absolute Gasteiger partial charge is 0.358 e. The maximum atomic E-state index is 4.99. The van der Waals surface area contributed by atoms with Crippen LogP contribution in [0.3, 0.4) is 0 Å². The van der Waals surface area contributed by atoms with Crippen molar-refractivity contribution >= 4 is 0 Å². The topological polar surface area (TPSA) is 12.9 Å². The summed E-state index contributed by atoms with van der Waals surface area (Å²) in [5, 5.41) is 0. The Bertz CT molecular complexity index is 905. The molecule has 29 heavy (non-hydrogen) atoms. The summed E-state index contributed by atoms with van der Waals surface area (Å²) in [6.45, 7) is 13.5. The second kappa shape index (κ2) is 10.4. The minimum absolute atomic E-state index is 0. The van der Waals surface area contributed by atoms with Gasteiger partial charge < -0.3 is 19.8 Å². The fraction of sp³-hybridized carbons (Fsp3) is 0.296. The zero-order valence-electron chi connectivity index (χ0n) is 19.0. The molecule has 0 atom stereocenters. The van der Waals surface area contributed by atoms with Crippen LogP contribution in [0.25, 0.3) is 11.3 Å². The van der Waals surface area contributed by atoms with Gasteiger partial charge in [0.25, 0.3) is 0 Å². The van der Waals surface area contributed by atoms with Crippen LogP contribution in [0.4, 0.5) is 0 Å². The third-order valence-corrected chi connectivity index (χ3v) is 5.15. The van der Waals surface area contributed by atoms with Gasteiger partial charge in [0, 0.05) is 32.2 Å². The SMILES string of the molecule is Cc1ccc(C(C)(C)C)cc1C(C)(C)c1cccc(-c2[c-]cccc2)n1.[CH3-].[CH3-].[Pt]. The van der Waals surface area contributed by atoms with Crippen LogP contribution in [0.1, 0.15) is 57.0 Å². The summed E-state index contributed by atoms with van der Waals surface area (Å²) in [4.78, 5) is 4.99. The molecule has 1 nitrogen and oxygen atoms in total. The Labute approximate surface area is 193 Å². The molecule has 2 heteroatoms. The minimum Gasteiger partial charge on any atom is -0.358 e. The number of pyridine rings is 1. The van der Waals surface area contributed by atoms with Gasteiger partial charge in [0.2, 0.25) is 0 Å². The summed E-state index contributed by atoms with van der Waals surface area (Å²) in [6.07, 6.45) is 0. The van der Waals surface area contributed by atoms with E-state index in [0.29, 0.717) is 0 Å². The van der Waals surface area contributed by atoms with Crippen molar-refractivity contribution in [1.82, 2.24) is 4.98 Å². The van der Waals surface area contributed by atoms with Gasteiger partial charge in [-0.25, -0.2) is 0 Å². The quantitative estimate of drug-likeness (QED) is 0.301. The predicted molar refractivity (Wildman–Crippen MR) is 123 cm³/mol. The van der Waals surface area contributed by atoms with E-state index in [2.05, 4.69) is 90.1 Å². The molecule has 0 spiro atoms. The van der Waals surface area contributed by atoms with E-state index >= 15 is 0 Å². The van der Waals surface area contributed by atoms with E-state index in [4.69, 9.17) is 4.98 Å². The van der Waals surface area contributed by atoms with Crippen LogP contribution in [-0.2, 0) is 31.9 Å². The molecule has 1 heterocycles. The minimum atomic E-state index is -0.171. The number of rotatable bonds is 3. The van der Waals surface area contributed by atoms with Gasteiger partial charge >= 0.3 is 0 Å². The predicted octanol–water partition coefficient (Wildman–Crippen LogP) is 7.38. The van der Waals surface area contributed by atoms with Gasteiger partial charge in [0.05, 0.1) is 0 Å². The molecule has 3 rings (SSSR count). The summed E-state index contributed by atoms with van der Waals surface area (Å²) in [5.41, 5.74) is 7.06. The average molecular weight is 568 g/mol. The Morgan fingerprint density at radius 1 is 0.828 bits per heavy atom. The molecule has 3 aromatic rings.